The second-order valence-corrected chi connectivity index (χ2v) is 30.3. The van der Waals surface area contributed by atoms with Gasteiger partial charge in [0.25, 0.3) is 0 Å². The lowest BCUT2D eigenvalue weighted by atomic mass is 10.9. The predicted molar refractivity (Wildman–Crippen MR) is 101 cm³/mol. The Labute approximate surface area is 127 Å². The molecule has 0 saturated carbocycles. The van der Waals surface area contributed by atoms with E-state index >= 15 is 0 Å². The summed E-state index contributed by atoms with van der Waals surface area (Å²) in [6, 6.07) is 6.60. The SMILES string of the molecule is CC[Si](CC)(CC)O[Si](CC)(CC)[SiH2]S[SiH2]O[SiH3]. The first-order chi connectivity index (χ1) is 8.57. The second-order valence-electron chi connectivity index (χ2n) is 4.99. The Kier molecular flexibility index (Phi) is 10.9. The molecule has 8 heteroatoms. The number of hydrogen-bond donors (Lipinski definition) is 0. The van der Waals surface area contributed by atoms with Crippen LogP contribution in [0.15, 0.2) is 0 Å². The van der Waals surface area contributed by atoms with Crippen molar-refractivity contribution in [2.75, 3.05) is 0 Å². The fraction of sp³-hybridized carbons (Fsp3) is 1.00. The second kappa shape index (κ2) is 10.1. The molecule has 2 nitrogen and oxygen atoms in total. The Hall–Kier alpha value is 1.35. The fourth-order valence-corrected chi connectivity index (χ4v) is 46.2. The van der Waals surface area contributed by atoms with Crippen molar-refractivity contribution in [1.82, 2.24) is 0 Å². The molecule has 0 N–H and O–H groups in total. The number of hydrogen-bond acceptors (Lipinski definition) is 3. The van der Waals surface area contributed by atoms with Crippen LogP contribution in [0.3, 0.4) is 0 Å². The highest BCUT2D eigenvalue weighted by atomic mass is 32.5. The smallest absolute Gasteiger partial charge is 0.203 e. The molecule has 0 atom stereocenters. The van der Waals surface area contributed by atoms with Gasteiger partial charge in [0.2, 0.25) is 8.91 Å². The quantitative estimate of drug-likeness (QED) is 0.414. The van der Waals surface area contributed by atoms with E-state index in [1.807, 2.05) is 0 Å². The van der Waals surface area contributed by atoms with Gasteiger partial charge in [0.1, 0.15) is 18.7 Å². The third kappa shape index (κ3) is 5.77. The Morgan fingerprint density at radius 1 is 0.944 bits per heavy atom. The van der Waals surface area contributed by atoms with Crippen LogP contribution in [0.25, 0.3) is 0 Å². The van der Waals surface area contributed by atoms with Crippen molar-refractivity contribution in [2.45, 2.75) is 64.8 Å². The van der Waals surface area contributed by atoms with Crippen molar-refractivity contribution in [1.29, 1.82) is 0 Å². The van der Waals surface area contributed by atoms with E-state index < -0.39 is 16.2 Å². The molecule has 0 saturated heterocycles. The summed E-state index contributed by atoms with van der Waals surface area (Å²) in [5, 5.41) is 0. The van der Waals surface area contributed by atoms with Gasteiger partial charge >= 0.3 is 0 Å². The van der Waals surface area contributed by atoms with Crippen LogP contribution in [0, 0.1) is 0 Å². The first-order valence-electron chi connectivity index (χ1n) is 7.34. The van der Waals surface area contributed by atoms with Gasteiger partial charge in [-0.25, -0.2) is 0 Å². The average molecular weight is 357 g/mol. The standard InChI is InChI=1S/C10H32O2SSi5/c1-6-17(7-2,8-3)12-18(9-4,10-5)16-13-15-11-14/h6-10,15-16H2,1-5,14H3. The zero-order valence-corrected chi connectivity index (χ0v) is 20.8. The van der Waals surface area contributed by atoms with Crippen molar-refractivity contribution in [3.63, 3.8) is 0 Å². The molecule has 0 bridgehead atoms. The first kappa shape index (κ1) is 19.4. The average Bonchev–Trinajstić information content (AvgIpc) is 2.44. The zero-order valence-electron chi connectivity index (χ0n) is 13.2. The minimum absolute atomic E-state index is 0.0734. The topological polar surface area (TPSA) is 18.5 Å². The Morgan fingerprint density at radius 3 is 1.78 bits per heavy atom. The van der Waals surface area contributed by atoms with Crippen LogP contribution in [-0.2, 0) is 8.23 Å². The van der Waals surface area contributed by atoms with Crippen LogP contribution < -0.4 is 0 Å². The van der Waals surface area contributed by atoms with E-state index in [-0.39, 0.29) is 17.1 Å². The zero-order chi connectivity index (χ0) is 14.1. The lowest BCUT2D eigenvalue weighted by Crippen LogP contribution is -2.53. The molecular weight excluding hydrogens is 325 g/mol. The summed E-state index contributed by atoms with van der Waals surface area (Å²) in [6.45, 7) is 11.8. The van der Waals surface area contributed by atoms with Crippen LogP contribution in [0.2, 0.25) is 30.2 Å². The highest BCUT2D eigenvalue weighted by Crippen LogP contribution is 2.30. The van der Waals surface area contributed by atoms with Gasteiger partial charge in [0, 0.05) is 0 Å². The summed E-state index contributed by atoms with van der Waals surface area (Å²) in [5.41, 5.74) is 0. The van der Waals surface area contributed by atoms with Crippen LogP contribution in [-0.4, -0.2) is 43.7 Å². The molecule has 0 fully saturated rings. The summed E-state index contributed by atoms with van der Waals surface area (Å²) in [6.07, 6.45) is 0. The summed E-state index contributed by atoms with van der Waals surface area (Å²) < 4.78 is 12.5. The van der Waals surface area contributed by atoms with Crippen LogP contribution >= 0.6 is 10.7 Å². The van der Waals surface area contributed by atoms with E-state index in [1.165, 1.54) is 30.2 Å². The van der Waals surface area contributed by atoms with Crippen LogP contribution in [0.1, 0.15) is 34.6 Å². The van der Waals surface area contributed by atoms with Crippen LogP contribution in [0.5, 0.6) is 0 Å². The summed E-state index contributed by atoms with van der Waals surface area (Å²) in [5.74, 6) is 0. The molecule has 0 spiro atoms. The van der Waals surface area contributed by atoms with Gasteiger partial charge in [-0.3, -0.25) is 0 Å². The van der Waals surface area contributed by atoms with Gasteiger partial charge in [0.15, 0.2) is 16.2 Å². The third-order valence-corrected chi connectivity index (χ3v) is 38.7. The highest BCUT2D eigenvalue weighted by Gasteiger charge is 2.40. The minimum Gasteiger partial charge on any atom is -0.461 e. The fourth-order valence-electron chi connectivity index (χ4n) is 2.36. The Morgan fingerprint density at radius 2 is 1.44 bits per heavy atom. The lowest BCUT2D eigenvalue weighted by Gasteiger charge is -2.40. The molecule has 0 aromatic heterocycles. The van der Waals surface area contributed by atoms with E-state index in [0.717, 1.165) is 10.5 Å². The van der Waals surface area contributed by atoms with Gasteiger partial charge in [-0.1, -0.05) is 34.6 Å². The van der Waals surface area contributed by atoms with E-state index in [1.54, 1.807) is 0 Å². The Balaban J connectivity index is 4.75. The van der Waals surface area contributed by atoms with E-state index in [4.69, 9.17) is 8.23 Å². The predicted octanol–water partition coefficient (Wildman–Crippen LogP) is 1.60. The maximum Gasteiger partial charge on any atom is 0.203 e. The molecule has 18 heavy (non-hydrogen) atoms. The van der Waals surface area contributed by atoms with Crippen molar-refractivity contribution in [3.8, 4) is 0 Å². The molecule has 0 aliphatic heterocycles. The van der Waals surface area contributed by atoms with Crippen molar-refractivity contribution >= 4 is 54.4 Å². The molecule has 0 amide bonds. The molecule has 110 valence electrons. The van der Waals surface area contributed by atoms with E-state index in [9.17, 15) is 0 Å². The summed E-state index contributed by atoms with van der Waals surface area (Å²) in [4.78, 5) is 0. The van der Waals surface area contributed by atoms with Crippen LogP contribution in [0.4, 0.5) is 0 Å². The minimum atomic E-state index is -1.39. The van der Waals surface area contributed by atoms with Gasteiger partial charge in [-0.15, -0.1) is 0 Å². The molecule has 0 radical (unpaired) electrons. The largest absolute Gasteiger partial charge is 0.461 e. The first-order valence-corrected chi connectivity index (χ1v) is 20.5. The molecule has 0 aromatic carbocycles. The number of rotatable bonds is 11. The summed E-state index contributed by atoms with van der Waals surface area (Å²) in [7, 11) is 0.119. The Bertz CT molecular complexity index is 204. The maximum atomic E-state index is 7.01. The van der Waals surface area contributed by atoms with Gasteiger partial charge in [-0.05, 0) is 30.2 Å². The van der Waals surface area contributed by atoms with E-state index in [2.05, 4.69) is 45.3 Å². The van der Waals surface area contributed by atoms with E-state index in [0.29, 0.717) is 0 Å². The normalized spacial score (nSPS) is 14.5. The van der Waals surface area contributed by atoms with Crippen molar-refractivity contribution in [2.24, 2.45) is 0 Å². The monoisotopic (exact) mass is 356 g/mol. The van der Waals surface area contributed by atoms with Gasteiger partial charge < -0.3 is 8.23 Å². The maximum absolute atomic E-state index is 7.01. The molecular formula is C10H32O2SSi5. The van der Waals surface area contributed by atoms with Crippen molar-refractivity contribution < 1.29 is 8.23 Å². The summed E-state index contributed by atoms with van der Waals surface area (Å²) >= 11 is 0. The molecule has 0 aromatic rings. The van der Waals surface area contributed by atoms with Crippen molar-refractivity contribution in [3.05, 3.63) is 0 Å². The van der Waals surface area contributed by atoms with Gasteiger partial charge in [0.05, 0.1) is 0 Å². The molecule has 0 aliphatic carbocycles. The molecule has 0 unspecified atom stereocenters. The molecule has 0 heterocycles. The van der Waals surface area contributed by atoms with Gasteiger partial charge in [-0.2, -0.15) is 10.7 Å². The lowest BCUT2D eigenvalue weighted by molar-refractivity contribution is 0.531. The molecule has 0 rings (SSSR count). The highest BCUT2D eigenvalue weighted by molar-refractivity contribution is 8.44. The molecule has 0 aliphatic rings. The third-order valence-electron chi connectivity index (χ3n) is 4.22.